The molecule has 106 valence electrons. The number of aromatic nitrogens is 2. The van der Waals surface area contributed by atoms with E-state index in [0.717, 1.165) is 31.2 Å². The largest absolute Gasteiger partial charge is 0.370 e. The van der Waals surface area contributed by atoms with Crippen LogP contribution in [0.15, 0.2) is 41.7 Å². The zero-order valence-electron chi connectivity index (χ0n) is 10.8. The summed E-state index contributed by atoms with van der Waals surface area (Å²) in [6, 6.07) is 4.94. The summed E-state index contributed by atoms with van der Waals surface area (Å²) in [5.41, 5.74) is 5.87. The Morgan fingerprint density at radius 3 is 2.70 bits per heavy atom. The van der Waals surface area contributed by atoms with Gasteiger partial charge in [0.25, 0.3) is 0 Å². The first kappa shape index (κ1) is 14.0. The number of hydrogen-bond acceptors (Lipinski definition) is 2. The molecular formula is C13H15F2N5. The molecule has 0 bridgehead atoms. The predicted octanol–water partition coefficient (Wildman–Crippen LogP) is 1.98. The third-order valence-corrected chi connectivity index (χ3v) is 2.52. The summed E-state index contributed by atoms with van der Waals surface area (Å²) in [6.45, 7) is 1.23. The van der Waals surface area contributed by atoms with Crippen molar-refractivity contribution in [2.24, 2.45) is 10.7 Å². The van der Waals surface area contributed by atoms with Crippen molar-refractivity contribution in [2.75, 3.05) is 11.9 Å². The second-order valence-corrected chi connectivity index (χ2v) is 4.17. The van der Waals surface area contributed by atoms with Crippen LogP contribution < -0.4 is 11.1 Å². The molecule has 0 saturated carbocycles. The quantitative estimate of drug-likeness (QED) is 0.499. The van der Waals surface area contributed by atoms with Crippen molar-refractivity contribution >= 4 is 11.6 Å². The summed E-state index contributed by atoms with van der Waals surface area (Å²) in [5.74, 6) is -1.21. The third kappa shape index (κ3) is 4.34. The van der Waals surface area contributed by atoms with Gasteiger partial charge in [-0.15, -0.1) is 0 Å². The van der Waals surface area contributed by atoms with E-state index in [0.29, 0.717) is 6.54 Å². The number of aliphatic imine (C=N–C) groups is 1. The number of benzene rings is 1. The van der Waals surface area contributed by atoms with Crippen LogP contribution in [0.3, 0.4) is 0 Å². The van der Waals surface area contributed by atoms with Gasteiger partial charge in [-0.25, -0.2) is 8.78 Å². The molecule has 0 atom stereocenters. The van der Waals surface area contributed by atoms with E-state index < -0.39 is 11.6 Å². The molecule has 0 spiro atoms. The second-order valence-electron chi connectivity index (χ2n) is 4.17. The Labute approximate surface area is 115 Å². The van der Waals surface area contributed by atoms with Crippen molar-refractivity contribution in [3.63, 3.8) is 0 Å². The molecule has 7 heteroatoms. The van der Waals surface area contributed by atoms with Crippen molar-refractivity contribution in [1.82, 2.24) is 9.78 Å². The van der Waals surface area contributed by atoms with Gasteiger partial charge in [-0.3, -0.25) is 9.67 Å². The number of anilines is 1. The van der Waals surface area contributed by atoms with Crippen LogP contribution in [0.25, 0.3) is 0 Å². The van der Waals surface area contributed by atoms with Gasteiger partial charge in [-0.1, -0.05) is 0 Å². The van der Waals surface area contributed by atoms with Gasteiger partial charge in [0.05, 0.1) is 0 Å². The van der Waals surface area contributed by atoms with Crippen molar-refractivity contribution in [3.8, 4) is 0 Å². The van der Waals surface area contributed by atoms with E-state index >= 15 is 0 Å². The molecule has 0 fully saturated rings. The molecule has 1 aromatic carbocycles. The number of nitrogens with two attached hydrogens (primary N) is 1. The summed E-state index contributed by atoms with van der Waals surface area (Å²) >= 11 is 0. The topological polar surface area (TPSA) is 68.2 Å². The van der Waals surface area contributed by atoms with Gasteiger partial charge in [0.2, 0.25) is 0 Å². The van der Waals surface area contributed by atoms with Gasteiger partial charge < -0.3 is 11.1 Å². The van der Waals surface area contributed by atoms with Crippen LogP contribution in [-0.2, 0) is 6.54 Å². The van der Waals surface area contributed by atoms with Crippen LogP contribution in [-0.4, -0.2) is 22.3 Å². The number of guanidine groups is 1. The first-order valence-corrected chi connectivity index (χ1v) is 6.14. The lowest BCUT2D eigenvalue weighted by atomic mass is 10.3. The van der Waals surface area contributed by atoms with Crippen LogP contribution in [0, 0.1) is 11.6 Å². The fourth-order valence-electron chi connectivity index (χ4n) is 1.68. The van der Waals surface area contributed by atoms with E-state index in [4.69, 9.17) is 5.73 Å². The number of nitrogens with one attached hydrogen (secondary N) is 1. The van der Waals surface area contributed by atoms with Gasteiger partial charge in [-0.05, 0) is 24.6 Å². The molecule has 1 aromatic heterocycles. The first-order chi connectivity index (χ1) is 9.63. The lowest BCUT2D eigenvalue weighted by Crippen LogP contribution is -2.23. The zero-order chi connectivity index (χ0) is 14.4. The smallest absolute Gasteiger partial charge is 0.193 e. The van der Waals surface area contributed by atoms with Crippen molar-refractivity contribution < 1.29 is 8.78 Å². The Balaban J connectivity index is 1.81. The summed E-state index contributed by atoms with van der Waals surface area (Å²) in [6.07, 6.45) is 4.33. The molecule has 2 aromatic rings. The minimum absolute atomic E-state index is 0.121. The number of hydrogen-bond donors (Lipinski definition) is 2. The molecule has 0 radical (unpaired) electrons. The minimum atomic E-state index is -0.668. The summed E-state index contributed by atoms with van der Waals surface area (Å²) in [5, 5.41) is 6.70. The highest BCUT2D eigenvalue weighted by Gasteiger charge is 2.01. The van der Waals surface area contributed by atoms with Crippen molar-refractivity contribution in [1.29, 1.82) is 0 Å². The Morgan fingerprint density at radius 1 is 1.30 bits per heavy atom. The van der Waals surface area contributed by atoms with Gasteiger partial charge >= 0.3 is 0 Å². The molecule has 0 aliphatic rings. The van der Waals surface area contributed by atoms with Gasteiger partial charge in [0.1, 0.15) is 11.6 Å². The van der Waals surface area contributed by atoms with E-state index in [-0.39, 0.29) is 11.6 Å². The second kappa shape index (κ2) is 6.65. The molecule has 5 nitrogen and oxygen atoms in total. The molecule has 3 N–H and O–H groups in total. The van der Waals surface area contributed by atoms with Crippen LogP contribution in [0.1, 0.15) is 6.42 Å². The van der Waals surface area contributed by atoms with Gasteiger partial charge in [0.15, 0.2) is 5.96 Å². The fourth-order valence-corrected chi connectivity index (χ4v) is 1.68. The average molecular weight is 279 g/mol. The summed E-state index contributed by atoms with van der Waals surface area (Å²) in [7, 11) is 0. The Morgan fingerprint density at radius 2 is 2.05 bits per heavy atom. The van der Waals surface area contributed by atoms with Gasteiger partial charge in [-0.2, -0.15) is 5.10 Å². The molecule has 0 aliphatic carbocycles. The number of rotatable bonds is 5. The van der Waals surface area contributed by atoms with Crippen LogP contribution in [0.4, 0.5) is 14.5 Å². The molecule has 1 heterocycles. The number of nitrogens with zero attached hydrogens (tertiary/aromatic N) is 3. The zero-order valence-corrected chi connectivity index (χ0v) is 10.8. The monoisotopic (exact) mass is 279 g/mol. The number of aryl methyl sites for hydroxylation is 1. The van der Waals surface area contributed by atoms with E-state index in [9.17, 15) is 8.78 Å². The molecule has 0 unspecified atom stereocenters. The van der Waals surface area contributed by atoms with E-state index in [1.165, 1.54) is 0 Å². The fraction of sp³-hybridized carbons (Fsp3) is 0.231. The Kier molecular flexibility index (Phi) is 4.65. The Bertz CT molecular complexity index is 560. The maximum Gasteiger partial charge on any atom is 0.193 e. The average Bonchev–Trinajstić information content (AvgIpc) is 2.86. The minimum Gasteiger partial charge on any atom is -0.370 e. The Hall–Kier alpha value is -2.44. The van der Waals surface area contributed by atoms with Gasteiger partial charge in [0, 0.05) is 37.2 Å². The van der Waals surface area contributed by atoms with Crippen LogP contribution in [0.2, 0.25) is 0 Å². The maximum atomic E-state index is 13.0. The third-order valence-electron chi connectivity index (χ3n) is 2.52. The molecular weight excluding hydrogens is 264 g/mol. The number of halogens is 2. The van der Waals surface area contributed by atoms with E-state index in [2.05, 4.69) is 15.4 Å². The van der Waals surface area contributed by atoms with Crippen LogP contribution >= 0.6 is 0 Å². The molecule has 0 aliphatic heterocycles. The molecule has 0 saturated heterocycles. The van der Waals surface area contributed by atoms with E-state index in [1.54, 1.807) is 10.9 Å². The molecule has 20 heavy (non-hydrogen) atoms. The lowest BCUT2D eigenvalue weighted by Gasteiger charge is -2.06. The highest BCUT2D eigenvalue weighted by Crippen LogP contribution is 2.12. The van der Waals surface area contributed by atoms with Crippen molar-refractivity contribution in [2.45, 2.75) is 13.0 Å². The first-order valence-electron chi connectivity index (χ1n) is 6.14. The lowest BCUT2D eigenvalue weighted by molar-refractivity contribution is 0.584. The highest BCUT2D eigenvalue weighted by molar-refractivity contribution is 5.92. The maximum absolute atomic E-state index is 13.0. The molecule has 0 amide bonds. The standard InChI is InChI=1S/C13H15F2N5/c14-10-7-11(15)9-12(8-10)19-13(16)17-3-1-5-20-6-2-4-18-20/h2,4,6-9H,1,3,5H2,(H3,16,17,19). The summed E-state index contributed by atoms with van der Waals surface area (Å²) in [4.78, 5) is 4.08. The normalized spacial score (nSPS) is 11.6. The van der Waals surface area contributed by atoms with E-state index in [1.807, 2.05) is 12.3 Å². The van der Waals surface area contributed by atoms with Crippen molar-refractivity contribution in [3.05, 3.63) is 48.3 Å². The SMILES string of the molecule is NC(=NCCCn1cccn1)Nc1cc(F)cc(F)c1. The van der Waals surface area contributed by atoms with Crippen LogP contribution in [0.5, 0.6) is 0 Å². The molecule has 2 rings (SSSR count). The summed E-state index contributed by atoms with van der Waals surface area (Å²) < 4.78 is 27.7. The predicted molar refractivity (Wildman–Crippen MR) is 73.3 cm³/mol. The highest BCUT2D eigenvalue weighted by atomic mass is 19.1.